The summed E-state index contributed by atoms with van der Waals surface area (Å²) in [5.74, 6) is -0.765. The summed E-state index contributed by atoms with van der Waals surface area (Å²) in [5.41, 5.74) is 2.90. The Labute approximate surface area is 169 Å². The maximum atomic E-state index is 13.2. The molecule has 27 heavy (non-hydrogen) atoms. The first-order valence-electron chi connectivity index (χ1n) is 8.44. The minimum Gasteiger partial charge on any atom is -0.308 e. The van der Waals surface area contributed by atoms with E-state index < -0.39 is 15.9 Å². The minimum atomic E-state index is -4.11. The quantitative estimate of drug-likeness (QED) is 0.641. The summed E-state index contributed by atoms with van der Waals surface area (Å²) in [5, 5.41) is 0.675. The van der Waals surface area contributed by atoms with Gasteiger partial charge in [0.25, 0.3) is 16.0 Å². The van der Waals surface area contributed by atoms with Gasteiger partial charge < -0.3 is 4.90 Å². The fourth-order valence-electron chi connectivity index (χ4n) is 2.94. The fourth-order valence-corrected chi connectivity index (χ4v) is 3.96. The summed E-state index contributed by atoms with van der Waals surface area (Å²) in [7, 11) is -4.11. The van der Waals surface area contributed by atoms with Crippen LogP contribution in [0.4, 0.5) is 5.69 Å². The molecule has 0 unspecified atom stereocenters. The van der Waals surface area contributed by atoms with Gasteiger partial charge in [0.15, 0.2) is 0 Å². The van der Waals surface area contributed by atoms with Gasteiger partial charge in [0.1, 0.15) is 0 Å². The second-order valence-corrected chi connectivity index (χ2v) is 8.64. The number of amides is 1. The van der Waals surface area contributed by atoms with Crippen molar-refractivity contribution in [1.29, 1.82) is 0 Å². The van der Waals surface area contributed by atoms with Crippen LogP contribution in [0.15, 0.2) is 36.4 Å². The highest BCUT2D eigenvalue weighted by molar-refractivity contribution is 7.85. The van der Waals surface area contributed by atoms with Crippen LogP contribution < -0.4 is 4.90 Å². The van der Waals surface area contributed by atoms with Gasteiger partial charge in [-0.2, -0.15) is 8.42 Å². The molecule has 146 valence electrons. The molecular weight excluding hydrogens is 409 g/mol. The normalized spacial score (nSPS) is 11.4. The molecular formula is C19H21Cl2NO4S. The molecule has 0 aliphatic heterocycles. The Morgan fingerprint density at radius 2 is 1.78 bits per heavy atom. The van der Waals surface area contributed by atoms with Gasteiger partial charge in [0, 0.05) is 22.2 Å². The summed E-state index contributed by atoms with van der Waals surface area (Å²) in [6, 6.07) is 10.3. The maximum Gasteiger partial charge on any atom is 0.264 e. The first-order chi connectivity index (χ1) is 12.6. The number of aryl methyl sites for hydroxylation is 2. The van der Waals surface area contributed by atoms with E-state index in [4.69, 9.17) is 27.8 Å². The van der Waals surface area contributed by atoms with E-state index in [0.29, 0.717) is 22.0 Å². The molecule has 2 aromatic rings. The Hall–Kier alpha value is -1.60. The lowest BCUT2D eigenvalue weighted by Gasteiger charge is -2.27. The number of hydrogen-bond acceptors (Lipinski definition) is 3. The molecule has 0 saturated carbocycles. The molecule has 2 aromatic carbocycles. The highest BCUT2D eigenvalue weighted by Crippen LogP contribution is 2.29. The maximum absolute atomic E-state index is 13.2. The van der Waals surface area contributed by atoms with E-state index in [0.717, 1.165) is 16.8 Å². The van der Waals surface area contributed by atoms with Crippen LogP contribution in [0.1, 0.15) is 34.8 Å². The Morgan fingerprint density at radius 3 is 2.33 bits per heavy atom. The number of carbonyl (C=O) groups is 1. The van der Waals surface area contributed by atoms with Crippen molar-refractivity contribution >= 4 is 44.9 Å². The Morgan fingerprint density at radius 1 is 1.15 bits per heavy atom. The summed E-state index contributed by atoms with van der Waals surface area (Å²) in [6.07, 6.45) is 0.797. The van der Waals surface area contributed by atoms with E-state index in [1.54, 1.807) is 0 Å². The Balaban J connectivity index is 2.48. The highest BCUT2D eigenvalue weighted by Gasteiger charge is 2.23. The van der Waals surface area contributed by atoms with Crippen LogP contribution in [0.25, 0.3) is 0 Å². The lowest BCUT2D eigenvalue weighted by atomic mass is 10.0. The molecule has 1 N–H and O–H groups in total. The van der Waals surface area contributed by atoms with Crippen LogP contribution in [-0.4, -0.2) is 31.2 Å². The molecule has 0 fully saturated rings. The molecule has 0 aliphatic rings. The van der Waals surface area contributed by atoms with Crippen molar-refractivity contribution in [3.63, 3.8) is 0 Å². The third kappa shape index (κ3) is 5.94. The van der Waals surface area contributed by atoms with Crippen LogP contribution in [0.5, 0.6) is 0 Å². The zero-order chi connectivity index (χ0) is 20.2. The zero-order valence-corrected chi connectivity index (χ0v) is 17.4. The zero-order valence-electron chi connectivity index (χ0n) is 15.1. The summed E-state index contributed by atoms with van der Waals surface area (Å²) >= 11 is 12.1. The van der Waals surface area contributed by atoms with E-state index in [1.807, 2.05) is 32.0 Å². The lowest BCUT2D eigenvalue weighted by molar-refractivity contribution is 0.0986. The van der Waals surface area contributed by atoms with Crippen molar-refractivity contribution in [2.45, 2.75) is 26.7 Å². The topological polar surface area (TPSA) is 74.7 Å². The SMILES string of the molecule is CCc1cccc(C)c1N(CCCS(=O)(=O)O)C(=O)c1cc(Cl)cc(Cl)c1. The van der Waals surface area contributed by atoms with E-state index in [2.05, 4.69) is 0 Å². The van der Waals surface area contributed by atoms with Crippen molar-refractivity contribution in [3.05, 3.63) is 63.1 Å². The van der Waals surface area contributed by atoms with Crippen molar-refractivity contribution in [1.82, 2.24) is 0 Å². The number of halogens is 2. The molecule has 0 radical (unpaired) electrons. The smallest absolute Gasteiger partial charge is 0.264 e. The highest BCUT2D eigenvalue weighted by atomic mass is 35.5. The summed E-state index contributed by atoms with van der Waals surface area (Å²) < 4.78 is 31.2. The average molecular weight is 430 g/mol. The predicted molar refractivity (Wildman–Crippen MR) is 110 cm³/mol. The first kappa shape index (κ1) is 21.7. The molecule has 0 aliphatic carbocycles. The van der Waals surface area contributed by atoms with E-state index >= 15 is 0 Å². The monoisotopic (exact) mass is 429 g/mol. The van der Waals surface area contributed by atoms with Crippen molar-refractivity contribution in [2.75, 3.05) is 17.2 Å². The Kier molecular flexibility index (Phi) is 7.28. The predicted octanol–water partition coefficient (Wildman–Crippen LogP) is 4.79. The Bertz CT molecular complexity index is 924. The number of nitrogens with zero attached hydrogens (tertiary/aromatic N) is 1. The van der Waals surface area contributed by atoms with E-state index in [9.17, 15) is 13.2 Å². The molecule has 5 nitrogen and oxygen atoms in total. The van der Waals surface area contributed by atoms with Gasteiger partial charge in [0.05, 0.1) is 11.4 Å². The van der Waals surface area contributed by atoms with Crippen molar-refractivity contribution < 1.29 is 17.8 Å². The van der Waals surface area contributed by atoms with Crippen molar-refractivity contribution in [2.24, 2.45) is 0 Å². The molecule has 0 heterocycles. The van der Waals surface area contributed by atoms with Gasteiger partial charge in [-0.3, -0.25) is 9.35 Å². The number of hydrogen-bond donors (Lipinski definition) is 1. The number of anilines is 1. The van der Waals surface area contributed by atoms with Crippen LogP contribution in [-0.2, 0) is 16.5 Å². The lowest BCUT2D eigenvalue weighted by Crippen LogP contribution is -2.34. The second kappa shape index (κ2) is 9.06. The number of rotatable bonds is 7. The third-order valence-electron chi connectivity index (χ3n) is 4.11. The molecule has 0 saturated heterocycles. The third-order valence-corrected chi connectivity index (χ3v) is 5.35. The second-order valence-electron chi connectivity index (χ2n) is 6.19. The molecule has 0 spiro atoms. The molecule has 0 bridgehead atoms. The molecule has 8 heteroatoms. The molecule has 0 aromatic heterocycles. The standard InChI is InChI=1S/C19H21Cl2NO4S/c1-3-14-7-4-6-13(2)18(14)22(8-5-9-27(24,25)26)19(23)15-10-16(20)12-17(21)11-15/h4,6-7,10-12H,3,5,8-9H2,1-2H3,(H,24,25,26). The van der Waals surface area contributed by atoms with Gasteiger partial charge in [-0.25, -0.2) is 0 Å². The number of carbonyl (C=O) groups excluding carboxylic acids is 1. The van der Waals surface area contributed by atoms with Gasteiger partial charge in [-0.15, -0.1) is 0 Å². The van der Waals surface area contributed by atoms with Crippen LogP contribution in [0.3, 0.4) is 0 Å². The number of para-hydroxylation sites is 1. The molecule has 0 atom stereocenters. The van der Waals surface area contributed by atoms with Crippen molar-refractivity contribution in [3.8, 4) is 0 Å². The molecule has 2 rings (SSSR count). The van der Waals surface area contributed by atoms with Gasteiger partial charge in [-0.05, 0) is 49.1 Å². The summed E-state index contributed by atoms with van der Waals surface area (Å²) in [4.78, 5) is 14.8. The van der Waals surface area contributed by atoms with E-state index in [-0.39, 0.29) is 18.9 Å². The van der Waals surface area contributed by atoms with Gasteiger partial charge in [-0.1, -0.05) is 48.3 Å². The van der Waals surface area contributed by atoms with Gasteiger partial charge in [0.2, 0.25) is 0 Å². The van der Waals surface area contributed by atoms with Crippen LogP contribution in [0.2, 0.25) is 10.0 Å². The molecule has 1 amide bonds. The van der Waals surface area contributed by atoms with Crippen LogP contribution >= 0.6 is 23.2 Å². The van der Waals surface area contributed by atoms with Crippen LogP contribution in [0, 0.1) is 6.92 Å². The largest absolute Gasteiger partial charge is 0.308 e. The number of benzene rings is 2. The average Bonchev–Trinajstić information content (AvgIpc) is 2.56. The summed E-state index contributed by atoms with van der Waals surface area (Å²) in [6.45, 7) is 4.00. The van der Waals surface area contributed by atoms with Gasteiger partial charge >= 0.3 is 0 Å². The fraction of sp³-hybridized carbons (Fsp3) is 0.316. The minimum absolute atomic E-state index is 0.0936. The first-order valence-corrected chi connectivity index (χ1v) is 10.8. The van der Waals surface area contributed by atoms with E-state index in [1.165, 1.54) is 23.1 Å².